The van der Waals surface area contributed by atoms with Crippen LogP contribution in [0.25, 0.3) is 0 Å². The van der Waals surface area contributed by atoms with Crippen molar-refractivity contribution >= 4 is 0 Å². The molecule has 0 aromatic rings. The van der Waals surface area contributed by atoms with E-state index in [2.05, 4.69) is 19.0 Å². The lowest BCUT2D eigenvalue weighted by molar-refractivity contribution is 0.282. The van der Waals surface area contributed by atoms with E-state index in [9.17, 15) is 0 Å². The molecule has 0 amide bonds. The highest BCUT2D eigenvalue weighted by atomic mass is 16.2. The Balaban J connectivity index is 2.91. The Labute approximate surface area is 121 Å². The summed E-state index contributed by atoms with van der Waals surface area (Å²) in [6.45, 7) is 1.62. The largest absolute Gasteiger partial charge is 0.396 e. The van der Waals surface area contributed by atoms with Crippen LogP contribution in [0.4, 0.5) is 0 Å². The zero-order valence-corrected chi connectivity index (χ0v) is 13.5. The van der Waals surface area contributed by atoms with Crippen molar-refractivity contribution in [3.8, 4) is 0 Å². The molecule has 0 aromatic heterocycles. The number of rotatable bonds is 15. The standard InChI is InChI=1S/C17H37NO/c1-18(2)16-14-12-10-8-6-4-3-5-7-9-11-13-15-17-19/h19H,3-17H2,1-2H3. The maximum atomic E-state index is 8.67. The molecule has 0 radical (unpaired) electrons. The maximum absolute atomic E-state index is 8.67. The van der Waals surface area contributed by atoms with Crippen LogP contribution in [0.15, 0.2) is 0 Å². The summed E-state index contributed by atoms with van der Waals surface area (Å²) in [7, 11) is 4.31. The Morgan fingerprint density at radius 3 is 1.16 bits per heavy atom. The van der Waals surface area contributed by atoms with Crippen molar-refractivity contribution in [2.45, 2.75) is 83.5 Å². The molecule has 0 unspecified atom stereocenters. The molecule has 0 saturated heterocycles. The molecule has 19 heavy (non-hydrogen) atoms. The number of hydrogen-bond acceptors (Lipinski definition) is 2. The third-order valence-corrected chi connectivity index (χ3v) is 3.76. The molecule has 0 aliphatic heterocycles. The highest BCUT2D eigenvalue weighted by Crippen LogP contribution is 2.12. The van der Waals surface area contributed by atoms with Gasteiger partial charge in [-0.3, -0.25) is 0 Å². The third kappa shape index (κ3) is 17.9. The van der Waals surface area contributed by atoms with Crippen LogP contribution in [0.1, 0.15) is 83.5 Å². The summed E-state index contributed by atoms with van der Waals surface area (Å²) in [5, 5.41) is 8.67. The Morgan fingerprint density at radius 1 is 0.526 bits per heavy atom. The van der Waals surface area contributed by atoms with Gasteiger partial charge in [-0.2, -0.15) is 0 Å². The Morgan fingerprint density at radius 2 is 0.842 bits per heavy atom. The van der Waals surface area contributed by atoms with Gasteiger partial charge >= 0.3 is 0 Å². The van der Waals surface area contributed by atoms with Crippen molar-refractivity contribution in [3.05, 3.63) is 0 Å². The Kier molecular flexibility index (Phi) is 15.9. The van der Waals surface area contributed by atoms with Gasteiger partial charge in [0.05, 0.1) is 0 Å². The first-order valence-electron chi connectivity index (χ1n) is 8.53. The van der Waals surface area contributed by atoms with Gasteiger partial charge in [-0.25, -0.2) is 0 Å². The molecule has 2 nitrogen and oxygen atoms in total. The highest BCUT2D eigenvalue weighted by molar-refractivity contribution is 4.50. The van der Waals surface area contributed by atoms with Gasteiger partial charge in [-0.1, -0.05) is 70.6 Å². The van der Waals surface area contributed by atoms with Crippen LogP contribution in [0, 0.1) is 0 Å². The number of aliphatic hydroxyl groups is 1. The first kappa shape index (κ1) is 18.9. The van der Waals surface area contributed by atoms with Gasteiger partial charge in [0, 0.05) is 6.61 Å². The minimum absolute atomic E-state index is 0.370. The number of nitrogens with zero attached hydrogens (tertiary/aromatic N) is 1. The lowest BCUT2D eigenvalue weighted by Crippen LogP contribution is -2.12. The normalized spacial score (nSPS) is 11.4. The lowest BCUT2D eigenvalue weighted by atomic mass is 10.0. The molecular weight excluding hydrogens is 234 g/mol. The van der Waals surface area contributed by atoms with Gasteiger partial charge in [-0.15, -0.1) is 0 Å². The summed E-state index contributed by atoms with van der Waals surface area (Å²) in [4.78, 5) is 2.28. The minimum atomic E-state index is 0.370. The second kappa shape index (κ2) is 16.0. The SMILES string of the molecule is CN(C)CCCCCCCCCCCCCCCO. The fourth-order valence-corrected chi connectivity index (χ4v) is 2.48. The average molecular weight is 271 g/mol. The summed E-state index contributed by atoms with van der Waals surface area (Å²) in [6, 6.07) is 0. The van der Waals surface area contributed by atoms with E-state index in [1.807, 2.05) is 0 Å². The second-order valence-corrected chi connectivity index (χ2v) is 6.12. The van der Waals surface area contributed by atoms with E-state index in [1.165, 1.54) is 83.6 Å². The highest BCUT2D eigenvalue weighted by Gasteiger charge is 1.94. The molecular formula is C17H37NO. The van der Waals surface area contributed by atoms with E-state index in [0.29, 0.717) is 6.61 Å². The zero-order valence-electron chi connectivity index (χ0n) is 13.5. The summed E-state index contributed by atoms with van der Waals surface area (Å²) in [5.74, 6) is 0. The first-order chi connectivity index (χ1) is 9.27. The number of hydrogen-bond donors (Lipinski definition) is 1. The predicted molar refractivity (Wildman–Crippen MR) is 85.7 cm³/mol. The topological polar surface area (TPSA) is 23.5 Å². The quantitative estimate of drug-likeness (QED) is 0.440. The van der Waals surface area contributed by atoms with E-state index < -0.39 is 0 Å². The van der Waals surface area contributed by atoms with E-state index in [1.54, 1.807) is 0 Å². The second-order valence-electron chi connectivity index (χ2n) is 6.12. The van der Waals surface area contributed by atoms with E-state index in [-0.39, 0.29) is 0 Å². The zero-order chi connectivity index (χ0) is 14.2. The first-order valence-corrected chi connectivity index (χ1v) is 8.53. The number of aliphatic hydroxyl groups excluding tert-OH is 1. The minimum Gasteiger partial charge on any atom is -0.396 e. The average Bonchev–Trinajstić information content (AvgIpc) is 2.39. The predicted octanol–water partition coefficient (Wildman–Crippen LogP) is 4.61. The van der Waals surface area contributed by atoms with Gasteiger partial charge in [0.15, 0.2) is 0 Å². The summed E-state index contributed by atoms with van der Waals surface area (Å²) in [5.41, 5.74) is 0. The smallest absolute Gasteiger partial charge is 0.0431 e. The van der Waals surface area contributed by atoms with Crippen LogP contribution < -0.4 is 0 Å². The molecule has 2 heteroatoms. The van der Waals surface area contributed by atoms with Gasteiger partial charge in [0.25, 0.3) is 0 Å². The van der Waals surface area contributed by atoms with Crippen LogP contribution in [-0.4, -0.2) is 37.3 Å². The molecule has 0 fully saturated rings. The fraction of sp³-hybridized carbons (Fsp3) is 1.00. The van der Waals surface area contributed by atoms with Gasteiger partial charge in [-0.05, 0) is 33.5 Å². The van der Waals surface area contributed by atoms with E-state index >= 15 is 0 Å². The van der Waals surface area contributed by atoms with Crippen molar-refractivity contribution in [3.63, 3.8) is 0 Å². The summed E-state index contributed by atoms with van der Waals surface area (Å²) in [6.07, 6.45) is 17.6. The molecule has 0 rings (SSSR count). The Hall–Kier alpha value is -0.0800. The van der Waals surface area contributed by atoms with Crippen LogP contribution >= 0.6 is 0 Å². The molecule has 1 N–H and O–H groups in total. The van der Waals surface area contributed by atoms with Crippen LogP contribution in [0.5, 0.6) is 0 Å². The van der Waals surface area contributed by atoms with Gasteiger partial charge in [0.2, 0.25) is 0 Å². The van der Waals surface area contributed by atoms with Crippen LogP contribution in [0.3, 0.4) is 0 Å². The molecule has 0 aliphatic carbocycles. The third-order valence-electron chi connectivity index (χ3n) is 3.76. The van der Waals surface area contributed by atoms with Gasteiger partial charge in [0.1, 0.15) is 0 Å². The van der Waals surface area contributed by atoms with Crippen molar-refractivity contribution in [1.82, 2.24) is 4.90 Å². The maximum Gasteiger partial charge on any atom is 0.0431 e. The Bertz CT molecular complexity index is 159. The molecule has 0 aromatic carbocycles. The fourth-order valence-electron chi connectivity index (χ4n) is 2.48. The summed E-state index contributed by atoms with van der Waals surface area (Å²) >= 11 is 0. The lowest BCUT2D eigenvalue weighted by Gasteiger charge is -2.08. The van der Waals surface area contributed by atoms with Crippen molar-refractivity contribution in [1.29, 1.82) is 0 Å². The van der Waals surface area contributed by atoms with Crippen LogP contribution in [-0.2, 0) is 0 Å². The molecule has 0 spiro atoms. The van der Waals surface area contributed by atoms with Gasteiger partial charge < -0.3 is 10.0 Å². The molecule has 0 heterocycles. The van der Waals surface area contributed by atoms with E-state index in [4.69, 9.17) is 5.11 Å². The van der Waals surface area contributed by atoms with Crippen molar-refractivity contribution in [2.75, 3.05) is 27.2 Å². The molecule has 0 atom stereocenters. The molecule has 116 valence electrons. The molecule has 0 saturated carbocycles. The monoisotopic (exact) mass is 271 g/mol. The molecule has 0 aliphatic rings. The molecule has 0 bridgehead atoms. The number of unbranched alkanes of at least 4 members (excludes halogenated alkanes) is 12. The summed E-state index contributed by atoms with van der Waals surface area (Å²) < 4.78 is 0. The van der Waals surface area contributed by atoms with Crippen LogP contribution in [0.2, 0.25) is 0 Å². The van der Waals surface area contributed by atoms with E-state index in [0.717, 1.165) is 6.42 Å². The van der Waals surface area contributed by atoms with Crippen molar-refractivity contribution in [2.24, 2.45) is 0 Å². The van der Waals surface area contributed by atoms with Crippen molar-refractivity contribution < 1.29 is 5.11 Å².